The number of nitrogens with one attached hydrogen (secondary N) is 1. The number of aromatic nitrogens is 2. The average molecular weight is 423 g/mol. The highest BCUT2D eigenvalue weighted by Gasteiger charge is 2.53. The highest BCUT2D eigenvalue weighted by atomic mass is 32.2. The average Bonchev–Trinajstić information content (AvgIpc) is 3.21. The lowest BCUT2D eigenvalue weighted by atomic mass is 9.76. The fourth-order valence-electron chi connectivity index (χ4n) is 3.89. The predicted octanol–water partition coefficient (Wildman–Crippen LogP) is 1.75. The number of carbonyl (C=O) groups is 1. The molecular weight excluding hydrogens is 400 g/mol. The van der Waals surface area contributed by atoms with Crippen molar-refractivity contribution in [3.05, 3.63) is 35.7 Å². The van der Waals surface area contributed by atoms with Crippen LogP contribution in [0.3, 0.4) is 0 Å². The Hall–Kier alpha value is -1.91. The third kappa shape index (κ3) is 3.68. The molecule has 1 aromatic heterocycles. The Bertz CT molecular complexity index is 974. The molecule has 2 aliphatic rings. The molecule has 1 aliphatic heterocycles. The molecule has 1 aliphatic carbocycles. The van der Waals surface area contributed by atoms with Gasteiger partial charge in [-0.3, -0.25) is 4.79 Å². The Balaban J connectivity index is 1.39. The number of carbonyl (C=O) groups excluding carboxylic acids is 1. The summed E-state index contributed by atoms with van der Waals surface area (Å²) in [4.78, 5) is 12.6. The van der Waals surface area contributed by atoms with Crippen molar-refractivity contribution in [2.75, 3.05) is 12.3 Å². The Morgan fingerprint density at radius 1 is 1.29 bits per heavy atom. The SMILES string of the molecule is Cc1ccc(S(=O)(=O)N2CC[C@@H]3C[C@H](NC(=O)CSc4nnc(C)o4)[C@@H]32)cc1. The monoisotopic (exact) mass is 422 g/mol. The van der Waals surface area contributed by atoms with Crippen molar-refractivity contribution >= 4 is 27.7 Å². The van der Waals surface area contributed by atoms with E-state index in [0.717, 1.165) is 18.4 Å². The maximum absolute atomic E-state index is 13.1. The first-order valence-electron chi connectivity index (χ1n) is 9.15. The molecule has 0 bridgehead atoms. The van der Waals surface area contributed by atoms with E-state index in [0.29, 0.717) is 28.5 Å². The summed E-state index contributed by atoms with van der Waals surface area (Å²) in [5, 5.41) is 10.9. The minimum absolute atomic E-state index is 0.153. The van der Waals surface area contributed by atoms with Gasteiger partial charge in [0.1, 0.15) is 0 Å². The molecule has 0 spiro atoms. The van der Waals surface area contributed by atoms with E-state index in [-0.39, 0.29) is 23.7 Å². The lowest BCUT2D eigenvalue weighted by Crippen LogP contribution is -2.60. The van der Waals surface area contributed by atoms with E-state index in [1.165, 1.54) is 11.8 Å². The second kappa shape index (κ2) is 7.49. The molecule has 8 nitrogen and oxygen atoms in total. The number of aryl methyl sites for hydroxylation is 2. The number of hydrogen-bond donors (Lipinski definition) is 1. The van der Waals surface area contributed by atoms with Crippen LogP contribution in [-0.4, -0.2) is 53.2 Å². The zero-order valence-corrected chi connectivity index (χ0v) is 17.3. The molecule has 1 aromatic carbocycles. The van der Waals surface area contributed by atoms with Crippen molar-refractivity contribution in [3.63, 3.8) is 0 Å². The Kier molecular flexibility index (Phi) is 5.19. The van der Waals surface area contributed by atoms with Crippen molar-refractivity contribution in [1.82, 2.24) is 19.8 Å². The molecule has 1 N–H and O–H groups in total. The smallest absolute Gasteiger partial charge is 0.277 e. The zero-order chi connectivity index (χ0) is 19.9. The number of hydrogen-bond acceptors (Lipinski definition) is 7. The van der Waals surface area contributed by atoms with Crippen molar-refractivity contribution in [3.8, 4) is 0 Å². The van der Waals surface area contributed by atoms with Crippen LogP contribution in [0.15, 0.2) is 38.8 Å². The van der Waals surface area contributed by atoms with Gasteiger partial charge in [-0.15, -0.1) is 10.2 Å². The fourth-order valence-corrected chi connectivity index (χ4v) is 6.24. The lowest BCUT2D eigenvalue weighted by molar-refractivity contribution is -0.120. The van der Waals surface area contributed by atoms with Crippen molar-refractivity contribution in [1.29, 1.82) is 0 Å². The van der Waals surface area contributed by atoms with Crippen LogP contribution in [0, 0.1) is 19.8 Å². The molecule has 1 saturated heterocycles. The molecule has 3 atom stereocenters. The molecular formula is C18H22N4O4S2. The van der Waals surface area contributed by atoms with Crippen molar-refractivity contribution < 1.29 is 17.6 Å². The lowest BCUT2D eigenvalue weighted by Gasteiger charge is -2.43. The Morgan fingerprint density at radius 3 is 2.71 bits per heavy atom. The summed E-state index contributed by atoms with van der Waals surface area (Å²) in [5.41, 5.74) is 1.01. The summed E-state index contributed by atoms with van der Waals surface area (Å²) in [5.74, 6) is 0.744. The van der Waals surface area contributed by atoms with Crippen LogP contribution in [0.4, 0.5) is 0 Å². The number of rotatable bonds is 6. The largest absolute Gasteiger partial charge is 0.416 e. The minimum Gasteiger partial charge on any atom is -0.416 e. The molecule has 2 fully saturated rings. The van der Waals surface area contributed by atoms with E-state index in [1.54, 1.807) is 35.5 Å². The standard InChI is InChI=1S/C18H22N4O4S2/c1-11-3-5-14(6-4-11)28(24,25)22-8-7-13-9-15(17(13)22)19-16(23)10-27-18-21-20-12(2)26-18/h3-6,13,15,17H,7-10H2,1-2H3,(H,19,23)/t13-,15+,17-/m1/s1. The summed E-state index contributed by atoms with van der Waals surface area (Å²) < 4.78 is 32.9. The zero-order valence-electron chi connectivity index (χ0n) is 15.7. The van der Waals surface area contributed by atoms with Crippen molar-refractivity contribution in [2.45, 2.75) is 48.9 Å². The van der Waals surface area contributed by atoms with Crippen LogP contribution in [0.25, 0.3) is 0 Å². The van der Waals surface area contributed by atoms with Gasteiger partial charge in [-0.2, -0.15) is 4.31 Å². The highest BCUT2D eigenvalue weighted by Crippen LogP contribution is 2.43. The van der Waals surface area contributed by atoms with Gasteiger partial charge in [0.25, 0.3) is 5.22 Å². The van der Waals surface area contributed by atoms with E-state index in [4.69, 9.17) is 4.42 Å². The number of sulfonamides is 1. The summed E-state index contributed by atoms with van der Waals surface area (Å²) in [6.45, 7) is 4.11. The van der Waals surface area contributed by atoms with E-state index in [2.05, 4.69) is 15.5 Å². The normalized spacial score (nSPS) is 24.6. The second-order valence-corrected chi connectivity index (χ2v) is 10.1. The Morgan fingerprint density at radius 2 is 2.04 bits per heavy atom. The van der Waals surface area contributed by atoms with Gasteiger partial charge in [0.2, 0.25) is 21.8 Å². The van der Waals surface area contributed by atoms with E-state index in [9.17, 15) is 13.2 Å². The summed E-state index contributed by atoms with van der Waals surface area (Å²) in [7, 11) is -3.56. The second-order valence-electron chi connectivity index (χ2n) is 7.25. The summed E-state index contributed by atoms with van der Waals surface area (Å²) >= 11 is 1.17. The summed E-state index contributed by atoms with van der Waals surface area (Å²) in [6, 6.07) is 6.56. The minimum atomic E-state index is -3.56. The van der Waals surface area contributed by atoms with Crippen LogP contribution in [-0.2, 0) is 14.8 Å². The third-order valence-electron chi connectivity index (χ3n) is 5.31. The van der Waals surface area contributed by atoms with Gasteiger partial charge >= 0.3 is 0 Å². The van der Waals surface area contributed by atoms with Gasteiger partial charge in [-0.25, -0.2) is 8.42 Å². The quantitative estimate of drug-likeness (QED) is 0.707. The van der Waals surface area contributed by atoms with E-state index >= 15 is 0 Å². The molecule has 1 saturated carbocycles. The van der Waals surface area contributed by atoms with Crippen LogP contribution in [0.1, 0.15) is 24.3 Å². The predicted molar refractivity (Wildman–Crippen MR) is 103 cm³/mol. The first-order chi connectivity index (χ1) is 13.3. The van der Waals surface area contributed by atoms with Gasteiger partial charge in [0.05, 0.1) is 10.6 Å². The molecule has 2 aromatic rings. The molecule has 10 heteroatoms. The number of thioether (sulfide) groups is 1. The van der Waals surface area contributed by atoms with Gasteiger partial charge in [0.15, 0.2) is 0 Å². The topological polar surface area (TPSA) is 105 Å². The molecule has 4 rings (SSSR count). The molecule has 1 amide bonds. The number of nitrogens with zero attached hydrogens (tertiary/aromatic N) is 3. The van der Waals surface area contributed by atoms with Crippen LogP contribution < -0.4 is 5.32 Å². The number of benzene rings is 1. The first-order valence-corrected chi connectivity index (χ1v) is 11.6. The Labute approximate surface area is 168 Å². The van der Waals surface area contributed by atoms with Crippen molar-refractivity contribution in [2.24, 2.45) is 5.92 Å². The first kappa shape index (κ1) is 19.4. The van der Waals surface area contributed by atoms with E-state index in [1.807, 2.05) is 6.92 Å². The third-order valence-corrected chi connectivity index (χ3v) is 8.04. The van der Waals surface area contributed by atoms with Gasteiger partial charge < -0.3 is 9.73 Å². The molecule has 0 radical (unpaired) electrons. The van der Waals surface area contributed by atoms with Crippen LogP contribution in [0.2, 0.25) is 0 Å². The number of fused-ring (bicyclic) bond motifs is 1. The molecule has 28 heavy (non-hydrogen) atoms. The molecule has 0 unspecified atom stereocenters. The maximum Gasteiger partial charge on any atom is 0.277 e. The van der Waals surface area contributed by atoms with Gasteiger partial charge in [-0.1, -0.05) is 29.5 Å². The highest BCUT2D eigenvalue weighted by molar-refractivity contribution is 7.99. The summed E-state index contributed by atoms with van der Waals surface area (Å²) in [6.07, 6.45) is 1.64. The van der Waals surface area contributed by atoms with E-state index < -0.39 is 10.0 Å². The molecule has 150 valence electrons. The fraction of sp³-hybridized carbons (Fsp3) is 0.500. The molecule has 2 heterocycles. The van der Waals surface area contributed by atoms with Gasteiger partial charge in [-0.05, 0) is 37.8 Å². The van der Waals surface area contributed by atoms with Crippen LogP contribution >= 0.6 is 11.8 Å². The van der Waals surface area contributed by atoms with Crippen LogP contribution in [0.5, 0.6) is 0 Å². The maximum atomic E-state index is 13.1. The van der Waals surface area contributed by atoms with Gasteiger partial charge in [0, 0.05) is 25.6 Å². The number of amides is 1.